The Kier molecular flexibility index (Phi) is 4.65. The third-order valence-electron chi connectivity index (χ3n) is 4.62. The summed E-state index contributed by atoms with van der Waals surface area (Å²) in [5, 5.41) is 12.3. The van der Waals surface area contributed by atoms with Crippen LogP contribution in [0.25, 0.3) is 0 Å². The zero-order chi connectivity index (χ0) is 14.8. The molecule has 2 heterocycles. The van der Waals surface area contributed by atoms with Gasteiger partial charge in [0.1, 0.15) is 6.04 Å². The van der Waals surface area contributed by atoms with E-state index in [4.69, 9.17) is 5.11 Å². The molecule has 2 aliphatic heterocycles. The van der Waals surface area contributed by atoms with Crippen molar-refractivity contribution in [2.24, 2.45) is 5.41 Å². The summed E-state index contributed by atoms with van der Waals surface area (Å²) in [6, 6.07) is -0.473. The van der Waals surface area contributed by atoms with Crippen LogP contribution in [0.5, 0.6) is 0 Å². The number of carboxylic acid groups (broad SMARTS) is 1. The normalized spacial score (nSPS) is 30.0. The number of carbonyl (C=O) groups excluding carboxylic acids is 1. The Labute approximate surface area is 120 Å². The van der Waals surface area contributed by atoms with E-state index < -0.39 is 12.0 Å². The molecule has 6 heteroatoms. The number of nitrogens with one attached hydrogen (secondary N) is 1. The van der Waals surface area contributed by atoms with Gasteiger partial charge in [0.05, 0.1) is 5.41 Å². The Bertz CT molecular complexity index is 372. The van der Waals surface area contributed by atoms with Gasteiger partial charge < -0.3 is 15.3 Å². The van der Waals surface area contributed by atoms with Crippen molar-refractivity contribution >= 4 is 11.9 Å². The van der Waals surface area contributed by atoms with Crippen LogP contribution >= 0.6 is 0 Å². The molecule has 2 unspecified atom stereocenters. The van der Waals surface area contributed by atoms with E-state index >= 15 is 0 Å². The van der Waals surface area contributed by atoms with Gasteiger partial charge in [-0.2, -0.15) is 0 Å². The Morgan fingerprint density at radius 3 is 2.40 bits per heavy atom. The smallest absolute Gasteiger partial charge is 0.320 e. The zero-order valence-electron chi connectivity index (χ0n) is 12.4. The highest BCUT2D eigenvalue weighted by Crippen LogP contribution is 2.28. The summed E-state index contributed by atoms with van der Waals surface area (Å²) in [6.45, 7) is 8.02. The first-order chi connectivity index (χ1) is 9.44. The van der Waals surface area contributed by atoms with Crippen LogP contribution in [-0.2, 0) is 9.59 Å². The second-order valence-corrected chi connectivity index (χ2v) is 6.18. The van der Waals surface area contributed by atoms with E-state index in [1.807, 2.05) is 16.7 Å². The molecule has 0 bridgehead atoms. The van der Waals surface area contributed by atoms with Crippen molar-refractivity contribution in [1.82, 2.24) is 15.1 Å². The number of amides is 1. The third kappa shape index (κ3) is 3.12. The highest BCUT2D eigenvalue weighted by Gasteiger charge is 2.39. The van der Waals surface area contributed by atoms with Gasteiger partial charge in [0.15, 0.2) is 0 Å². The van der Waals surface area contributed by atoms with Crippen LogP contribution in [-0.4, -0.2) is 72.1 Å². The monoisotopic (exact) mass is 283 g/mol. The molecule has 2 N–H and O–H groups in total. The van der Waals surface area contributed by atoms with Crippen LogP contribution in [0.2, 0.25) is 0 Å². The van der Waals surface area contributed by atoms with Crippen molar-refractivity contribution in [1.29, 1.82) is 0 Å². The first kappa shape index (κ1) is 15.3. The number of piperazine rings is 1. The molecular weight excluding hydrogens is 258 g/mol. The molecule has 0 aliphatic carbocycles. The molecule has 0 aromatic carbocycles. The van der Waals surface area contributed by atoms with Crippen LogP contribution in [0, 0.1) is 5.41 Å². The summed E-state index contributed by atoms with van der Waals surface area (Å²) in [6.07, 6.45) is 1.98. The molecule has 114 valence electrons. The molecular formula is C14H25N3O3. The molecule has 0 aromatic heterocycles. The topological polar surface area (TPSA) is 72.9 Å². The molecule has 1 amide bonds. The van der Waals surface area contributed by atoms with Crippen molar-refractivity contribution in [2.75, 3.05) is 39.3 Å². The van der Waals surface area contributed by atoms with E-state index in [0.29, 0.717) is 26.2 Å². The molecule has 0 saturated carbocycles. The Morgan fingerprint density at radius 2 is 1.90 bits per heavy atom. The van der Waals surface area contributed by atoms with E-state index in [2.05, 4.69) is 5.32 Å². The van der Waals surface area contributed by atoms with Crippen molar-refractivity contribution in [2.45, 2.75) is 32.7 Å². The van der Waals surface area contributed by atoms with Gasteiger partial charge in [0.25, 0.3) is 0 Å². The van der Waals surface area contributed by atoms with Crippen molar-refractivity contribution in [3.05, 3.63) is 0 Å². The molecule has 2 aliphatic rings. The number of nitrogens with zero attached hydrogens (tertiary/aromatic N) is 2. The lowest BCUT2D eigenvalue weighted by molar-refractivity contribution is -0.147. The number of aliphatic carboxylic acids is 1. The zero-order valence-corrected chi connectivity index (χ0v) is 12.4. The number of hydrogen-bond acceptors (Lipinski definition) is 4. The summed E-state index contributed by atoms with van der Waals surface area (Å²) >= 11 is 0. The average Bonchev–Trinajstić information content (AvgIpc) is 2.46. The van der Waals surface area contributed by atoms with Crippen molar-refractivity contribution in [3.63, 3.8) is 0 Å². The Morgan fingerprint density at radius 1 is 1.25 bits per heavy atom. The molecule has 20 heavy (non-hydrogen) atoms. The van der Waals surface area contributed by atoms with E-state index in [-0.39, 0.29) is 11.3 Å². The summed E-state index contributed by atoms with van der Waals surface area (Å²) in [5.74, 6) is -0.583. The predicted octanol–water partition coefficient (Wildman–Crippen LogP) is -0.00660. The fourth-order valence-corrected chi connectivity index (χ4v) is 3.09. The summed E-state index contributed by atoms with van der Waals surface area (Å²) in [7, 11) is 0. The fraction of sp³-hybridized carbons (Fsp3) is 0.857. The molecule has 2 fully saturated rings. The first-order valence-corrected chi connectivity index (χ1v) is 7.41. The standard InChI is InChI=1S/C14H25N3O3/c1-11(12(18)19)16-6-8-17(9-7-16)13(20)14(2)4-3-5-15-10-14/h11,15H,3-10H2,1-2H3,(H,18,19). The molecule has 0 radical (unpaired) electrons. The van der Waals surface area contributed by atoms with E-state index in [1.165, 1.54) is 0 Å². The number of carboxylic acids is 1. The second kappa shape index (κ2) is 6.10. The first-order valence-electron chi connectivity index (χ1n) is 7.41. The van der Waals surface area contributed by atoms with E-state index in [0.717, 1.165) is 25.9 Å². The number of piperidine rings is 1. The van der Waals surface area contributed by atoms with Crippen LogP contribution in [0.1, 0.15) is 26.7 Å². The van der Waals surface area contributed by atoms with Crippen LogP contribution in [0.4, 0.5) is 0 Å². The maximum atomic E-state index is 12.6. The lowest BCUT2D eigenvalue weighted by atomic mass is 9.81. The summed E-state index contributed by atoms with van der Waals surface area (Å²) in [5.41, 5.74) is -0.293. The van der Waals surface area contributed by atoms with E-state index in [9.17, 15) is 9.59 Å². The predicted molar refractivity (Wildman–Crippen MR) is 75.5 cm³/mol. The number of rotatable bonds is 3. The summed E-state index contributed by atoms with van der Waals surface area (Å²) < 4.78 is 0. The number of carbonyl (C=O) groups is 2. The molecule has 2 saturated heterocycles. The van der Waals surface area contributed by atoms with Crippen molar-refractivity contribution in [3.8, 4) is 0 Å². The average molecular weight is 283 g/mol. The molecule has 0 spiro atoms. The minimum Gasteiger partial charge on any atom is -0.480 e. The lowest BCUT2D eigenvalue weighted by Crippen LogP contribution is -2.57. The van der Waals surface area contributed by atoms with Gasteiger partial charge in [-0.05, 0) is 33.2 Å². The lowest BCUT2D eigenvalue weighted by Gasteiger charge is -2.42. The van der Waals surface area contributed by atoms with Gasteiger partial charge in [0.2, 0.25) is 5.91 Å². The van der Waals surface area contributed by atoms with Crippen molar-refractivity contribution < 1.29 is 14.7 Å². The number of hydrogen-bond donors (Lipinski definition) is 2. The van der Waals surface area contributed by atoms with Gasteiger partial charge in [-0.25, -0.2) is 0 Å². The highest BCUT2D eigenvalue weighted by molar-refractivity contribution is 5.83. The van der Waals surface area contributed by atoms with Gasteiger partial charge in [-0.15, -0.1) is 0 Å². The Hall–Kier alpha value is -1.14. The van der Waals surface area contributed by atoms with Gasteiger partial charge in [-0.3, -0.25) is 14.5 Å². The van der Waals surface area contributed by atoms with Crippen LogP contribution < -0.4 is 5.32 Å². The molecule has 2 rings (SSSR count). The summed E-state index contributed by atoms with van der Waals surface area (Å²) in [4.78, 5) is 27.4. The molecule has 6 nitrogen and oxygen atoms in total. The van der Waals surface area contributed by atoms with Crippen LogP contribution in [0.15, 0.2) is 0 Å². The van der Waals surface area contributed by atoms with E-state index in [1.54, 1.807) is 6.92 Å². The van der Waals surface area contributed by atoms with Gasteiger partial charge in [-0.1, -0.05) is 0 Å². The Balaban J connectivity index is 1.90. The second-order valence-electron chi connectivity index (χ2n) is 6.18. The maximum absolute atomic E-state index is 12.6. The van der Waals surface area contributed by atoms with Gasteiger partial charge in [0, 0.05) is 32.7 Å². The minimum absolute atomic E-state index is 0.215. The highest BCUT2D eigenvalue weighted by atomic mass is 16.4. The molecule has 0 aromatic rings. The SMILES string of the molecule is CC(C(=O)O)N1CCN(C(=O)C2(C)CCCNC2)CC1. The maximum Gasteiger partial charge on any atom is 0.320 e. The third-order valence-corrected chi connectivity index (χ3v) is 4.62. The minimum atomic E-state index is -0.798. The molecule has 2 atom stereocenters. The largest absolute Gasteiger partial charge is 0.480 e. The van der Waals surface area contributed by atoms with Crippen LogP contribution in [0.3, 0.4) is 0 Å². The van der Waals surface area contributed by atoms with Gasteiger partial charge >= 0.3 is 5.97 Å². The fourth-order valence-electron chi connectivity index (χ4n) is 3.09. The quantitative estimate of drug-likeness (QED) is 0.762.